The number of hydrogen-bond donors (Lipinski definition) is 0. The Bertz CT molecular complexity index is 571. The fourth-order valence-electron chi connectivity index (χ4n) is 2.59. The standard InChI is InChI=1S/C11H13ClN2O2S/c12-10-8-2-1-3-9(8)13-11(14-10)7-4-5-17(15,16)6-7/h7H,1-6H2. The second kappa shape index (κ2) is 3.92. The fourth-order valence-corrected chi connectivity index (χ4v) is 4.62. The Morgan fingerprint density at radius 3 is 2.76 bits per heavy atom. The summed E-state index contributed by atoms with van der Waals surface area (Å²) in [5, 5.41) is 0.520. The Hall–Kier alpha value is -0.680. The third-order valence-corrected chi connectivity index (χ3v) is 5.58. The zero-order valence-electron chi connectivity index (χ0n) is 9.32. The first-order chi connectivity index (χ1) is 8.05. The van der Waals surface area contributed by atoms with Gasteiger partial charge in [0.15, 0.2) is 9.84 Å². The van der Waals surface area contributed by atoms with Crippen LogP contribution in [0.3, 0.4) is 0 Å². The molecule has 92 valence electrons. The van der Waals surface area contributed by atoms with Gasteiger partial charge in [-0.3, -0.25) is 0 Å². The molecule has 1 aliphatic carbocycles. The molecule has 1 aromatic heterocycles. The molecule has 1 unspecified atom stereocenters. The van der Waals surface area contributed by atoms with Crippen molar-refractivity contribution in [1.82, 2.24) is 9.97 Å². The van der Waals surface area contributed by atoms with Crippen molar-refractivity contribution in [3.63, 3.8) is 0 Å². The van der Waals surface area contributed by atoms with Gasteiger partial charge in [0.25, 0.3) is 0 Å². The molecule has 0 bridgehead atoms. The van der Waals surface area contributed by atoms with Crippen molar-refractivity contribution in [2.75, 3.05) is 11.5 Å². The van der Waals surface area contributed by atoms with Gasteiger partial charge in [0, 0.05) is 17.2 Å². The Morgan fingerprint density at radius 1 is 1.24 bits per heavy atom. The van der Waals surface area contributed by atoms with E-state index in [-0.39, 0.29) is 17.4 Å². The normalized spacial score (nSPS) is 26.1. The molecule has 1 fully saturated rings. The average molecular weight is 273 g/mol. The van der Waals surface area contributed by atoms with Crippen molar-refractivity contribution in [2.24, 2.45) is 0 Å². The Labute approximate surface area is 105 Å². The van der Waals surface area contributed by atoms with Crippen molar-refractivity contribution >= 4 is 21.4 Å². The Balaban J connectivity index is 1.97. The van der Waals surface area contributed by atoms with E-state index < -0.39 is 9.84 Å². The molecule has 6 heteroatoms. The minimum absolute atomic E-state index is 0.0663. The van der Waals surface area contributed by atoms with Crippen LogP contribution in [0.4, 0.5) is 0 Å². The lowest BCUT2D eigenvalue weighted by Crippen LogP contribution is -2.09. The van der Waals surface area contributed by atoms with Gasteiger partial charge in [-0.15, -0.1) is 0 Å². The smallest absolute Gasteiger partial charge is 0.151 e. The van der Waals surface area contributed by atoms with Crippen LogP contribution in [0.1, 0.15) is 35.8 Å². The summed E-state index contributed by atoms with van der Waals surface area (Å²) in [6.45, 7) is 0. The first kappa shape index (κ1) is 11.4. The van der Waals surface area contributed by atoms with Crippen molar-refractivity contribution in [3.8, 4) is 0 Å². The molecule has 0 aromatic carbocycles. The zero-order chi connectivity index (χ0) is 12.0. The number of halogens is 1. The molecule has 17 heavy (non-hydrogen) atoms. The number of sulfone groups is 1. The second-order valence-electron chi connectivity index (χ2n) is 4.75. The third kappa shape index (κ3) is 2.06. The highest BCUT2D eigenvalue weighted by Crippen LogP contribution is 2.31. The van der Waals surface area contributed by atoms with Gasteiger partial charge >= 0.3 is 0 Å². The summed E-state index contributed by atoms with van der Waals surface area (Å²) >= 11 is 6.12. The zero-order valence-corrected chi connectivity index (χ0v) is 10.9. The predicted octanol–water partition coefficient (Wildman–Crippen LogP) is 1.52. The molecular weight excluding hydrogens is 260 g/mol. The van der Waals surface area contributed by atoms with E-state index in [0.717, 1.165) is 30.5 Å². The minimum Gasteiger partial charge on any atom is -0.237 e. The number of rotatable bonds is 1. The van der Waals surface area contributed by atoms with E-state index in [2.05, 4.69) is 9.97 Å². The van der Waals surface area contributed by atoms with Crippen LogP contribution in [0.5, 0.6) is 0 Å². The van der Waals surface area contributed by atoms with E-state index in [9.17, 15) is 8.42 Å². The molecule has 1 atom stereocenters. The quantitative estimate of drug-likeness (QED) is 0.728. The van der Waals surface area contributed by atoms with Crippen LogP contribution in [0.2, 0.25) is 5.15 Å². The number of aryl methyl sites for hydroxylation is 1. The first-order valence-electron chi connectivity index (χ1n) is 5.81. The van der Waals surface area contributed by atoms with Gasteiger partial charge in [-0.25, -0.2) is 18.4 Å². The van der Waals surface area contributed by atoms with Gasteiger partial charge in [-0.1, -0.05) is 11.6 Å². The van der Waals surface area contributed by atoms with Crippen LogP contribution in [-0.4, -0.2) is 29.9 Å². The monoisotopic (exact) mass is 272 g/mol. The summed E-state index contributed by atoms with van der Waals surface area (Å²) in [4.78, 5) is 8.78. The molecule has 4 nitrogen and oxygen atoms in total. The molecule has 0 N–H and O–H groups in total. The van der Waals surface area contributed by atoms with E-state index in [1.54, 1.807) is 0 Å². The lowest BCUT2D eigenvalue weighted by molar-refractivity contribution is 0.601. The van der Waals surface area contributed by atoms with Crippen molar-refractivity contribution < 1.29 is 8.42 Å². The van der Waals surface area contributed by atoms with Crippen LogP contribution < -0.4 is 0 Å². The molecule has 0 spiro atoms. The van der Waals surface area contributed by atoms with Gasteiger partial charge < -0.3 is 0 Å². The summed E-state index contributed by atoms with van der Waals surface area (Å²) in [5.41, 5.74) is 2.07. The highest BCUT2D eigenvalue weighted by Gasteiger charge is 2.32. The van der Waals surface area contributed by atoms with Gasteiger partial charge in [0.2, 0.25) is 0 Å². The van der Waals surface area contributed by atoms with E-state index in [1.807, 2.05) is 0 Å². The Morgan fingerprint density at radius 2 is 2.06 bits per heavy atom. The molecule has 2 heterocycles. The molecule has 1 saturated heterocycles. The maximum absolute atomic E-state index is 11.4. The van der Waals surface area contributed by atoms with Gasteiger partial charge in [-0.05, 0) is 25.7 Å². The highest BCUT2D eigenvalue weighted by atomic mass is 35.5. The third-order valence-electron chi connectivity index (χ3n) is 3.50. The molecule has 1 aliphatic heterocycles. The molecular formula is C11H13ClN2O2S. The summed E-state index contributed by atoms with van der Waals surface area (Å²) in [6.07, 6.45) is 3.56. The van der Waals surface area contributed by atoms with Crippen LogP contribution >= 0.6 is 11.6 Å². The van der Waals surface area contributed by atoms with Crippen LogP contribution in [0.15, 0.2) is 0 Å². The molecule has 2 aliphatic rings. The summed E-state index contributed by atoms with van der Waals surface area (Å²) in [6, 6.07) is 0. The van der Waals surface area contributed by atoms with Crippen LogP contribution in [-0.2, 0) is 22.7 Å². The van der Waals surface area contributed by atoms with Crippen molar-refractivity contribution in [1.29, 1.82) is 0 Å². The van der Waals surface area contributed by atoms with Gasteiger partial charge in [0.1, 0.15) is 11.0 Å². The Kier molecular flexibility index (Phi) is 2.63. The summed E-state index contributed by atoms with van der Waals surface area (Å²) in [5.74, 6) is 0.970. The number of hydrogen-bond acceptors (Lipinski definition) is 4. The molecule has 0 saturated carbocycles. The lowest BCUT2D eigenvalue weighted by Gasteiger charge is -2.09. The van der Waals surface area contributed by atoms with E-state index in [0.29, 0.717) is 17.4 Å². The SMILES string of the molecule is O=S1(=O)CCC(c2nc(Cl)c3c(n2)CCC3)C1. The summed E-state index contributed by atoms with van der Waals surface area (Å²) in [7, 11) is -2.89. The second-order valence-corrected chi connectivity index (χ2v) is 7.34. The molecule has 0 amide bonds. The fraction of sp³-hybridized carbons (Fsp3) is 0.636. The van der Waals surface area contributed by atoms with Crippen molar-refractivity contribution in [2.45, 2.75) is 31.6 Å². The van der Waals surface area contributed by atoms with Crippen LogP contribution in [0, 0.1) is 0 Å². The highest BCUT2D eigenvalue weighted by molar-refractivity contribution is 7.91. The van der Waals surface area contributed by atoms with E-state index in [4.69, 9.17) is 11.6 Å². The first-order valence-corrected chi connectivity index (χ1v) is 8.01. The van der Waals surface area contributed by atoms with E-state index in [1.165, 1.54) is 0 Å². The molecule has 0 radical (unpaired) electrons. The van der Waals surface area contributed by atoms with Crippen molar-refractivity contribution in [3.05, 3.63) is 22.2 Å². The maximum atomic E-state index is 11.4. The van der Waals surface area contributed by atoms with Gasteiger partial charge in [-0.2, -0.15) is 0 Å². The molecule has 3 rings (SSSR count). The topological polar surface area (TPSA) is 59.9 Å². The maximum Gasteiger partial charge on any atom is 0.151 e. The van der Waals surface area contributed by atoms with Gasteiger partial charge in [0.05, 0.1) is 11.5 Å². The lowest BCUT2D eigenvalue weighted by atomic mass is 10.1. The number of aromatic nitrogens is 2. The summed E-state index contributed by atoms with van der Waals surface area (Å²) < 4.78 is 22.9. The number of nitrogens with zero attached hydrogens (tertiary/aromatic N) is 2. The average Bonchev–Trinajstić information content (AvgIpc) is 2.84. The predicted molar refractivity (Wildman–Crippen MR) is 65.1 cm³/mol. The minimum atomic E-state index is -2.89. The number of fused-ring (bicyclic) bond motifs is 1. The van der Waals surface area contributed by atoms with Crippen LogP contribution in [0.25, 0.3) is 0 Å². The van der Waals surface area contributed by atoms with E-state index >= 15 is 0 Å². The largest absolute Gasteiger partial charge is 0.237 e. The molecule has 1 aromatic rings.